The summed E-state index contributed by atoms with van der Waals surface area (Å²) in [6.45, 7) is 3.20. The Morgan fingerprint density at radius 3 is 2.72 bits per heavy atom. The lowest BCUT2D eigenvalue weighted by atomic mass is 9.97. The second-order valence-corrected chi connectivity index (χ2v) is 9.07. The van der Waals surface area contributed by atoms with Gasteiger partial charge in [0.25, 0.3) is 5.91 Å². The van der Waals surface area contributed by atoms with Crippen molar-refractivity contribution in [3.05, 3.63) is 47.0 Å². The van der Waals surface area contributed by atoms with Gasteiger partial charge in [0, 0.05) is 24.5 Å². The van der Waals surface area contributed by atoms with Crippen molar-refractivity contribution in [2.75, 3.05) is 13.1 Å². The normalized spacial score (nSPS) is 19.5. The molecular weight excluding hydrogens is 384 g/mol. The van der Waals surface area contributed by atoms with Gasteiger partial charge in [-0.1, -0.05) is 18.2 Å². The molecule has 1 N–H and O–H groups in total. The molecule has 1 aromatic carbocycles. The van der Waals surface area contributed by atoms with Crippen molar-refractivity contribution in [2.24, 2.45) is 5.92 Å². The van der Waals surface area contributed by atoms with Gasteiger partial charge < -0.3 is 10.2 Å². The van der Waals surface area contributed by atoms with Crippen LogP contribution in [0.25, 0.3) is 15.9 Å². The summed E-state index contributed by atoms with van der Waals surface area (Å²) in [5, 5.41) is 8.75. The number of hydrogen-bond acceptors (Lipinski definition) is 4. The van der Waals surface area contributed by atoms with Crippen LogP contribution in [0.1, 0.15) is 41.0 Å². The summed E-state index contributed by atoms with van der Waals surface area (Å²) < 4.78 is 1.91. The fourth-order valence-electron chi connectivity index (χ4n) is 3.97. The summed E-state index contributed by atoms with van der Waals surface area (Å²) in [4.78, 5) is 29.2. The molecule has 1 aliphatic heterocycles. The Labute approximate surface area is 173 Å². The van der Waals surface area contributed by atoms with Gasteiger partial charge in [-0.3, -0.25) is 9.59 Å². The Morgan fingerprint density at radius 2 is 1.97 bits per heavy atom. The number of amides is 2. The van der Waals surface area contributed by atoms with Crippen molar-refractivity contribution in [1.29, 1.82) is 0 Å². The highest BCUT2D eigenvalue weighted by Crippen LogP contribution is 2.32. The monoisotopic (exact) mass is 408 g/mol. The molecule has 5 rings (SSSR count). The minimum absolute atomic E-state index is 0.0223. The Balaban J connectivity index is 1.38. The molecule has 0 radical (unpaired) electrons. The number of piperidine rings is 1. The molecule has 1 unspecified atom stereocenters. The summed E-state index contributed by atoms with van der Waals surface area (Å²) in [7, 11) is 0. The topological polar surface area (TPSA) is 67.2 Å². The first-order chi connectivity index (χ1) is 14.1. The number of fused-ring (bicyclic) bond motifs is 1. The molecule has 7 heteroatoms. The predicted octanol–water partition coefficient (Wildman–Crippen LogP) is 3.53. The van der Waals surface area contributed by atoms with Gasteiger partial charge in [0.15, 0.2) is 0 Å². The van der Waals surface area contributed by atoms with E-state index in [-0.39, 0.29) is 17.7 Å². The van der Waals surface area contributed by atoms with Crippen LogP contribution < -0.4 is 5.32 Å². The summed E-state index contributed by atoms with van der Waals surface area (Å²) in [5.41, 5.74) is 1.90. The number of rotatable bonds is 4. The SMILES string of the molecule is Cc1nn(-c2ccccc2)c2sc(C(=O)N3CCCC(C(=O)NC4CC4)C3)cc12. The lowest BCUT2D eigenvalue weighted by Crippen LogP contribution is -2.45. The number of nitrogens with zero attached hydrogens (tertiary/aromatic N) is 3. The van der Waals surface area contributed by atoms with E-state index in [2.05, 4.69) is 10.4 Å². The van der Waals surface area contributed by atoms with Crippen LogP contribution in [0.15, 0.2) is 36.4 Å². The summed E-state index contributed by atoms with van der Waals surface area (Å²) >= 11 is 1.48. The van der Waals surface area contributed by atoms with Crippen LogP contribution >= 0.6 is 11.3 Å². The van der Waals surface area contributed by atoms with E-state index in [1.807, 2.05) is 52.9 Å². The zero-order valence-electron chi connectivity index (χ0n) is 16.4. The number of aryl methyl sites for hydroxylation is 1. The molecule has 3 heterocycles. The first-order valence-electron chi connectivity index (χ1n) is 10.2. The summed E-state index contributed by atoms with van der Waals surface area (Å²) in [6.07, 6.45) is 3.90. The number of hydrogen-bond donors (Lipinski definition) is 1. The fourth-order valence-corrected chi connectivity index (χ4v) is 5.13. The largest absolute Gasteiger partial charge is 0.353 e. The van der Waals surface area contributed by atoms with Gasteiger partial charge in [0.1, 0.15) is 4.83 Å². The van der Waals surface area contributed by atoms with E-state index in [4.69, 9.17) is 0 Å². The molecule has 0 bridgehead atoms. The number of likely N-dealkylation sites (tertiary alicyclic amines) is 1. The van der Waals surface area contributed by atoms with E-state index in [1.54, 1.807) is 0 Å². The van der Waals surface area contributed by atoms with Gasteiger partial charge >= 0.3 is 0 Å². The molecule has 2 fully saturated rings. The third kappa shape index (κ3) is 3.55. The van der Waals surface area contributed by atoms with E-state index in [9.17, 15) is 9.59 Å². The van der Waals surface area contributed by atoms with Crippen LogP contribution in [-0.2, 0) is 4.79 Å². The van der Waals surface area contributed by atoms with Crippen LogP contribution in [-0.4, -0.2) is 45.6 Å². The predicted molar refractivity (Wildman–Crippen MR) is 113 cm³/mol. The minimum atomic E-state index is -0.0933. The third-order valence-corrected chi connectivity index (χ3v) is 6.86. The molecule has 0 spiro atoms. The molecule has 1 saturated carbocycles. The molecule has 2 aromatic heterocycles. The standard InChI is InChI=1S/C22H24N4O2S/c1-14-18-12-19(29-22(18)26(24-14)17-7-3-2-4-8-17)21(28)25-11-5-6-15(13-25)20(27)23-16-9-10-16/h2-4,7-8,12,15-16H,5-6,9-11,13H2,1H3,(H,23,27). The van der Waals surface area contributed by atoms with Crippen molar-refractivity contribution in [3.8, 4) is 5.69 Å². The van der Waals surface area contributed by atoms with E-state index in [0.717, 1.165) is 47.3 Å². The van der Waals surface area contributed by atoms with Gasteiger partial charge in [-0.25, -0.2) is 4.68 Å². The first kappa shape index (κ1) is 18.4. The highest BCUT2D eigenvalue weighted by atomic mass is 32.1. The molecule has 150 valence electrons. The molecule has 2 aliphatic rings. The maximum Gasteiger partial charge on any atom is 0.264 e. The van der Waals surface area contributed by atoms with Gasteiger partial charge in [-0.2, -0.15) is 5.10 Å². The highest BCUT2D eigenvalue weighted by molar-refractivity contribution is 7.20. The van der Waals surface area contributed by atoms with Crippen molar-refractivity contribution < 1.29 is 9.59 Å². The number of aromatic nitrogens is 2. The van der Waals surface area contributed by atoms with E-state index >= 15 is 0 Å². The maximum atomic E-state index is 13.2. The first-order valence-corrected chi connectivity index (χ1v) is 11.1. The number of nitrogens with one attached hydrogen (secondary N) is 1. The van der Waals surface area contributed by atoms with Gasteiger partial charge in [0.2, 0.25) is 5.91 Å². The molecule has 6 nitrogen and oxygen atoms in total. The summed E-state index contributed by atoms with van der Waals surface area (Å²) in [6, 6.07) is 12.3. The van der Waals surface area contributed by atoms with Crippen LogP contribution in [0.4, 0.5) is 0 Å². The lowest BCUT2D eigenvalue weighted by Gasteiger charge is -2.31. The van der Waals surface area contributed by atoms with Crippen molar-refractivity contribution in [3.63, 3.8) is 0 Å². The Hall–Kier alpha value is -2.67. The molecule has 29 heavy (non-hydrogen) atoms. The third-order valence-electron chi connectivity index (χ3n) is 5.76. The number of carbonyl (C=O) groups is 2. The molecule has 1 atom stereocenters. The van der Waals surface area contributed by atoms with E-state index in [1.165, 1.54) is 11.3 Å². The summed E-state index contributed by atoms with van der Waals surface area (Å²) in [5.74, 6) is 0.0373. The maximum absolute atomic E-state index is 13.2. The fraction of sp³-hybridized carbons (Fsp3) is 0.409. The number of thiophene rings is 1. The zero-order chi connectivity index (χ0) is 20.0. The number of carbonyl (C=O) groups excluding carboxylic acids is 2. The van der Waals surface area contributed by atoms with E-state index in [0.29, 0.717) is 24.0 Å². The molecule has 1 aliphatic carbocycles. The average molecular weight is 409 g/mol. The van der Waals surface area contributed by atoms with Crippen LogP contribution in [0, 0.1) is 12.8 Å². The quantitative estimate of drug-likeness (QED) is 0.718. The van der Waals surface area contributed by atoms with Crippen molar-refractivity contribution in [1.82, 2.24) is 20.0 Å². The van der Waals surface area contributed by atoms with Crippen molar-refractivity contribution in [2.45, 2.75) is 38.6 Å². The van der Waals surface area contributed by atoms with E-state index < -0.39 is 0 Å². The van der Waals surface area contributed by atoms with Gasteiger partial charge in [-0.05, 0) is 50.8 Å². The highest BCUT2D eigenvalue weighted by Gasteiger charge is 2.32. The Kier molecular flexibility index (Phi) is 4.62. The molecule has 1 saturated heterocycles. The lowest BCUT2D eigenvalue weighted by molar-refractivity contribution is -0.126. The second kappa shape index (κ2) is 7.30. The van der Waals surface area contributed by atoms with Gasteiger partial charge in [-0.15, -0.1) is 11.3 Å². The van der Waals surface area contributed by atoms with Crippen LogP contribution in [0.2, 0.25) is 0 Å². The molecule has 2 amide bonds. The van der Waals surface area contributed by atoms with Crippen LogP contribution in [0.3, 0.4) is 0 Å². The smallest absolute Gasteiger partial charge is 0.264 e. The zero-order valence-corrected chi connectivity index (χ0v) is 17.2. The second-order valence-electron chi connectivity index (χ2n) is 8.04. The minimum Gasteiger partial charge on any atom is -0.353 e. The van der Waals surface area contributed by atoms with Gasteiger partial charge in [0.05, 0.1) is 22.2 Å². The molecular formula is C22H24N4O2S. The van der Waals surface area contributed by atoms with Crippen LogP contribution in [0.5, 0.6) is 0 Å². The Morgan fingerprint density at radius 1 is 1.17 bits per heavy atom. The average Bonchev–Trinajstić information content (AvgIpc) is 3.36. The Bertz CT molecular complexity index is 1070. The molecule has 3 aromatic rings. The van der Waals surface area contributed by atoms with Crippen molar-refractivity contribution >= 4 is 33.4 Å². The number of benzene rings is 1. The number of para-hydroxylation sites is 1.